The molecule has 92 valence electrons. The molecule has 2 atom stereocenters. The molecule has 0 saturated carbocycles. The van der Waals surface area contributed by atoms with Crippen molar-refractivity contribution in [1.29, 1.82) is 0 Å². The predicted octanol–water partition coefficient (Wildman–Crippen LogP) is -1.06. The Kier molecular flexibility index (Phi) is 5.21. The lowest BCUT2D eigenvalue weighted by molar-refractivity contribution is -0.142. The Morgan fingerprint density at radius 1 is 1.50 bits per heavy atom. The Morgan fingerprint density at radius 2 is 2.25 bits per heavy atom. The van der Waals surface area contributed by atoms with Crippen LogP contribution in [0.2, 0.25) is 0 Å². The van der Waals surface area contributed by atoms with Crippen molar-refractivity contribution in [2.45, 2.75) is 25.3 Å². The highest BCUT2D eigenvalue weighted by Gasteiger charge is 2.22. The van der Waals surface area contributed by atoms with Crippen LogP contribution >= 0.6 is 0 Å². The van der Waals surface area contributed by atoms with Crippen molar-refractivity contribution in [1.82, 2.24) is 10.6 Å². The minimum absolute atomic E-state index is 0.0456. The summed E-state index contributed by atoms with van der Waals surface area (Å²) in [6.07, 6.45) is 1.34. The van der Waals surface area contributed by atoms with E-state index in [2.05, 4.69) is 10.6 Å². The number of aliphatic hydroxyl groups excluding tert-OH is 1. The van der Waals surface area contributed by atoms with E-state index < -0.39 is 12.0 Å². The van der Waals surface area contributed by atoms with Crippen molar-refractivity contribution >= 4 is 11.9 Å². The molecule has 1 heterocycles. The van der Waals surface area contributed by atoms with Gasteiger partial charge in [-0.3, -0.25) is 4.79 Å². The summed E-state index contributed by atoms with van der Waals surface area (Å²) < 4.78 is 0. The molecule has 1 amide bonds. The fourth-order valence-electron chi connectivity index (χ4n) is 1.79. The fraction of sp³-hybridized carbons (Fsp3) is 0.800. The first-order valence-electron chi connectivity index (χ1n) is 5.47. The highest BCUT2D eigenvalue weighted by atomic mass is 16.4. The second-order valence-electron chi connectivity index (χ2n) is 4.03. The van der Waals surface area contributed by atoms with E-state index in [1.54, 1.807) is 0 Å². The molecular formula is C10H18N2O4. The number of amides is 1. The van der Waals surface area contributed by atoms with Gasteiger partial charge < -0.3 is 20.8 Å². The first-order chi connectivity index (χ1) is 7.63. The Hall–Kier alpha value is -1.14. The van der Waals surface area contributed by atoms with E-state index in [0.717, 1.165) is 19.5 Å². The summed E-state index contributed by atoms with van der Waals surface area (Å²) in [7, 11) is 0. The van der Waals surface area contributed by atoms with Crippen LogP contribution in [-0.4, -0.2) is 47.8 Å². The number of hydrogen-bond acceptors (Lipinski definition) is 4. The molecule has 0 aliphatic carbocycles. The summed E-state index contributed by atoms with van der Waals surface area (Å²) >= 11 is 0. The Labute approximate surface area is 94.0 Å². The zero-order valence-electron chi connectivity index (χ0n) is 9.11. The van der Waals surface area contributed by atoms with E-state index >= 15 is 0 Å². The Balaban J connectivity index is 2.32. The molecule has 0 aromatic rings. The van der Waals surface area contributed by atoms with E-state index in [0.29, 0.717) is 12.3 Å². The molecule has 1 rings (SSSR count). The molecule has 1 aliphatic heterocycles. The first kappa shape index (κ1) is 12.9. The molecule has 0 radical (unpaired) electrons. The third-order valence-corrected chi connectivity index (χ3v) is 2.69. The summed E-state index contributed by atoms with van der Waals surface area (Å²) in [6.45, 7) is 1.48. The summed E-state index contributed by atoms with van der Waals surface area (Å²) in [5, 5.41) is 23.0. The zero-order chi connectivity index (χ0) is 12.0. The number of aliphatic hydroxyl groups is 1. The van der Waals surface area contributed by atoms with Gasteiger partial charge in [0.15, 0.2) is 0 Å². The van der Waals surface area contributed by atoms with Crippen molar-refractivity contribution in [3.63, 3.8) is 0 Å². The number of carboxylic acids is 1. The van der Waals surface area contributed by atoms with Gasteiger partial charge in [-0.15, -0.1) is 0 Å². The van der Waals surface area contributed by atoms with Crippen LogP contribution in [0.4, 0.5) is 0 Å². The minimum atomic E-state index is -1.10. The van der Waals surface area contributed by atoms with Gasteiger partial charge in [-0.2, -0.15) is 0 Å². The third kappa shape index (κ3) is 4.16. The van der Waals surface area contributed by atoms with Crippen LogP contribution in [0.15, 0.2) is 0 Å². The number of nitrogens with one attached hydrogen (secondary N) is 2. The molecule has 6 heteroatoms. The van der Waals surface area contributed by atoms with Crippen LogP contribution in [0.25, 0.3) is 0 Å². The van der Waals surface area contributed by atoms with Gasteiger partial charge >= 0.3 is 5.97 Å². The Bertz CT molecular complexity index is 251. The summed E-state index contributed by atoms with van der Waals surface area (Å²) in [6, 6.07) is -0.980. The number of aliphatic carboxylic acids is 1. The van der Waals surface area contributed by atoms with E-state index in [1.165, 1.54) is 0 Å². The largest absolute Gasteiger partial charge is 0.480 e. The topological polar surface area (TPSA) is 98.7 Å². The summed E-state index contributed by atoms with van der Waals surface area (Å²) in [5.41, 5.74) is 0. The molecule has 6 nitrogen and oxygen atoms in total. The second kappa shape index (κ2) is 6.44. The lowest BCUT2D eigenvalue weighted by atomic mass is 10.0. The molecule has 1 fully saturated rings. The fourth-order valence-corrected chi connectivity index (χ4v) is 1.79. The quantitative estimate of drug-likeness (QED) is 0.466. The molecule has 1 aliphatic rings. The van der Waals surface area contributed by atoms with Gasteiger partial charge in [0.05, 0.1) is 0 Å². The lowest BCUT2D eigenvalue weighted by Crippen LogP contribution is -2.42. The molecule has 0 spiro atoms. The smallest absolute Gasteiger partial charge is 0.326 e. The van der Waals surface area contributed by atoms with Crippen molar-refractivity contribution in [2.75, 3.05) is 19.7 Å². The minimum Gasteiger partial charge on any atom is -0.480 e. The van der Waals surface area contributed by atoms with E-state index in [-0.39, 0.29) is 18.9 Å². The molecule has 0 bridgehead atoms. The van der Waals surface area contributed by atoms with Crippen molar-refractivity contribution < 1.29 is 19.8 Å². The van der Waals surface area contributed by atoms with Crippen molar-refractivity contribution in [3.05, 3.63) is 0 Å². The molecule has 1 unspecified atom stereocenters. The standard InChI is InChI=1S/C10H18N2O4/c13-4-2-8(10(15)16)12-9(14)5-7-1-3-11-6-7/h7-8,11,13H,1-6H2,(H,12,14)(H,15,16)/t7?,8-/m1/s1. The monoisotopic (exact) mass is 230 g/mol. The van der Waals surface area contributed by atoms with Gasteiger partial charge in [0.1, 0.15) is 6.04 Å². The normalized spacial score (nSPS) is 21.7. The molecule has 1 saturated heterocycles. The van der Waals surface area contributed by atoms with Gasteiger partial charge in [0.25, 0.3) is 0 Å². The zero-order valence-corrected chi connectivity index (χ0v) is 9.11. The number of hydrogen-bond donors (Lipinski definition) is 4. The number of rotatable bonds is 6. The average Bonchev–Trinajstić information content (AvgIpc) is 2.69. The SMILES string of the molecule is O=C(CC1CCNC1)N[C@H](CCO)C(=O)O. The third-order valence-electron chi connectivity index (χ3n) is 2.69. The number of carboxylic acid groups (broad SMARTS) is 1. The molecule has 4 N–H and O–H groups in total. The van der Waals surface area contributed by atoms with Gasteiger partial charge in [-0.1, -0.05) is 0 Å². The second-order valence-corrected chi connectivity index (χ2v) is 4.03. The number of carbonyl (C=O) groups is 2. The molecule has 0 aromatic heterocycles. The maximum atomic E-state index is 11.5. The van der Waals surface area contributed by atoms with E-state index in [4.69, 9.17) is 10.2 Å². The van der Waals surface area contributed by atoms with Crippen LogP contribution < -0.4 is 10.6 Å². The number of carbonyl (C=O) groups excluding carboxylic acids is 1. The van der Waals surface area contributed by atoms with Gasteiger partial charge in [-0.05, 0) is 25.4 Å². The van der Waals surface area contributed by atoms with Gasteiger partial charge in [0, 0.05) is 19.4 Å². The Morgan fingerprint density at radius 3 is 2.75 bits per heavy atom. The van der Waals surface area contributed by atoms with Crippen molar-refractivity contribution in [3.8, 4) is 0 Å². The van der Waals surface area contributed by atoms with Crippen LogP contribution in [-0.2, 0) is 9.59 Å². The van der Waals surface area contributed by atoms with Crippen LogP contribution in [0.3, 0.4) is 0 Å². The maximum Gasteiger partial charge on any atom is 0.326 e. The van der Waals surface area contributed by atoms with Crippen LogP contribution in [0, 0.1) is 5.92 Å². The van der Waals surface area contributed by atoms with E-state index in [9.17, 15) is 9.59 Å². The predicted molar refractivity (Wildman–Crippen MR) is 56.9 cm³/mol. The molecular weight excluding hydrogens is 212 g/mol. The van der Waals surface area contributed by atoms with Gasteiger partial charge in [-0.25, -0.2) is 4.79 Å². The maximum absolute atomic E-state index is 11.5. The highest BCUT2D eigenvalue weighted by molar-refractivity contribution is 5.83. The summed E-state index contributed by atoms with van der Waals surface area (Å²) in [4.78, 5) is 22.2. The summed E-state index contributed by atoms with van der Waals surface area (Å²) in [5.74, 6) is -1.06. The average molecular weight is 230 g/mol. The van der Waals surface area contributed by atoms with Crippen LogP contribution in [0.5, 0.6) is 0 Å². The first-order valence-corrected chi connectivity index (χ1v) is 5.47. The highest BCUT2D eigenvalue weighted by Crippen LogP contribution is 2.11. The molecule has 0 aromatic carbocycles. The van der Waals surface area contributed by atoms with E-state index in [1.807, 2.05) is 0 Å². The van der Waals surface area contributed by atoms with Gasteiger partial charge in [0.2, 0.25) is 5.91 Å². The van der Waals surface area contributed by atoms with Crippen LogP contribution in [0.1, 0.15) is 19.3 Å². The van der Waals surface area contributed by atoms with Crippen molar-refractivity contribution in [2.24, 2.45) is 5.92 Å². The lowest BCUT2D eigenvalue weighted by Gasteiger charge is -2.14. The molecule has 16 heavy (non-hydrogen) atoms.